The molecule has 18 heavy (non-hydrogen) atoms. The topological polar surface area (TPSA) is 63.8 Å². The van der Waals surface area contributed by atoms with Crippen molar-refractivity contribution >= 4 is 0 Å². The van der Waals surface area contributed by atoms with Crippen molar-refractivity contribution in [3.8, 4) is 11.4 Å². The summed E-state index contributed by atoms with van der Waals surface area (Å²) >= 11 is 0. The van der Waals surface area contributed by atoms with Crippen molar-refractivity contribution < 1.29 is 4.52 Å². The van der Waals surface area contributed by atoms with Crippen molar-refractivity contribution in [1.29, 1.82) is 0 Å². The minimum atomic E-state index is 0.0697. The fourth-order valence-electron chi connectivity index (χ4n) is 1.89. The lowest BCUT2D eigenvalue weighted by molar-refractivity contribution is 0.342. The quantitative estimate of drug-likeness (QED) is 0.897. The van der Waals surface area contributed by atoms with Crippen LogP contribution < -0.4 is 5.32 Å². The van der Waals surface area contributed by atoms with Crippen LogP contribution in [-0.2, 0) is 0 Å². The Labute approximate surface area is 107 Å². The van der Waals surface area contributed by atoms with Gasteiger partial charge in [-0.05, 0) is 39.4 Å². The number of nitrogens with one attached hydrogen (secondary N) is 1. The van der Waals surface area contributed by atoms with Crippen LogP contribution in [0.4, 0.5) is 0 Å². The Morgan fingerprint density at radius 2 is 1.89 bits per heavy atom. The van der Waals surface area contributed by atoms with Gasteiger partial charge in [-0.1, -0.05) is 12.1 Å². The molecule has 0 bridgehead atoms. The maximum Gasteiger partial charge on any atom is 0.243 e. The Morgan fingerprint density at radius 3 is 2.50 bits per heavy atom. The zero-order chi connectivity index (χ0) is 13.1. The summed E-state index contributed by atoms with van der Waals surface area (Å²) in [5.74, 6) is 1.22. The molecule has 0 fully saturated rings. The molecule has 1 N–H and O–H groups in total. The molecule has 0 saturated carbocycles. The summed E-state index contributed by atoms with van der Waals surface area (Å²) in [5.41, 5.74) is 2.85. The van der Waals surface area contributed by atoms with Gasteiger partial charge in [0.1, 0.15) is 0 Å². The summed E-state index contributed by atoms with van der Waals surface area (Å²) in [4.78, 5) is 8.75. The summed E-state index contributed by atoms with van der Waals surface area (Å²) in [5, 5.41) is 7.26. The summed E-state index contributed by atoms with van der Waals surface area (Å²) in [6, 6.07) is 3.99. The molecule has 0 saturated heterocycles. The van der Waals surface area contributed by atoms with Crippen molar-refractivity contribution in [2.75, 3.05) is 6.54 Å². The number of pyridine rings is 1. The van der Waals surface area contributed by atoms with E-state index in [9.17, 15) is 0 Å². The fourth-order valence-corrected chi connectivity index (χ4v) is 1.89. The molecule has 0 amide bonds. The highest BCUT2D eigenvalue weighted by Crippen LogP contribution is 2.19. The summed E-state index contributed by atoms with van der Waals surface area (Å²) in [6.07, 6.45) is 0. The molecule has 2 aromatic rings. The third-order valence-corrected chi connectivity index (χ3v) is 2.66. The Hall–Kier alpha value is -1.75. The van der Waals surface area contributed by atoms with Crippen LogP contribution in [0.1, 0.15) is 37.2 Å². The maximum atomic E-state index is 5.27. The highest BCUT2D eigenvalue weighted by Gasteiger charge is 2.14. The van der Waals surface area contributed by atoms with Gasteiger partial charge in [-0.3, -0.25) is 4.98 Å². The van der Waals surface area contributed by atoms with Gasteiger partial charge in [0.05, 0.1) is 6.04 Å². The molecule has 2 aromatic heterocycles. The van der Waals surface area contributed by atoms with E-state index >= 15 is 0 Å². The molecule has 0 aliphatic carbocycles. The second-order valence-electron chi connectivity index (χ2n) is 4.37. The summed E-state index contributed by atoms with van der Waals surface area (Å²) in [7, 11) is 0. The van der Waals surface area contributed by atoms with E-state index in [-0.39, 0.29) is 6.04 Å². The van der Waals surface area contributed by atoms with Crippen molar-refractivity contribution in [1.82, 2.24) is 20.4 Å². The first-order valence-electron chi connectivity index (χ1n) is 6.12. The van der Waals surface area contributed by atoms with Crippen LogP contribution in [0, 0.1) is 13.8 Å². The van der Waals surface area contributed by atoms with Gasteiger partial charge in [-0.15, -0.1) is 0 Å². The molecule has 0 aliphatic rings. The second kappa shape index (κ2) is 5.27. The number of hydrogen-bond acceptors (Lipinski definition) is 5. The number of nitrogens with zero attached hydrogens (tertiary/aromatic N) is 3. The molecule has 5 heteroatoms. The fraction of sp³-hybridized carbons (Fsp3) is 0.462. The average Bonchev–Trinajstić information content (AvgIpc) is 2.77. The van der Waals surface area contributed by atoms with Gasteiger partial charge in [-0.25, -0.2) is 0 Å². The number of hydrogen-bond donors (Lipinski definition) is 1. The number of rotatable bonds is 4. The van der Waals surface area contributed by atoms with Gasteiger partial charge in [-0.2, -0.15) is 4.98 Å². The summed E-state index contributed by atoms with van der Waals surface area (Å²) in [6.45, 7) is 8.83. The monoisotopic (exact) mass is 246 g/mol. The molecule has 0 radical (unpaired) electrons. The smallest absolute Gasteiger partial charge is 0.243 e. The van der Waals surface area contributed by atoms with Crippen LogP contribution in [0.5, 0.6) is 0 Å². The standard InChI is InChI=1S/C13H18N4O/c1-5-14-10(4)13-16-12(17-18-13)11-6-8(2)15-9(3)7-11/h6-7,10,14H,5H2,1-4H3. The van der Waals surface area contributed by atoms with E-state index < -0.39 is 0 Å². The molecule has 0 spiro atoms. The molecule has 2 heterocycles. The van der Waals surface area contributed by atoms with Crippen LogP contribution in [0.2, 0.25) is 0 Å². The largest absolute Gasteiger partial charge is 0.337 e. The predicted octanol–water partition coefficient (Wildman–Crippen LogP) is 2.42. The highest BCUT2D eigenvalue weighted by molar-refractivity contribution is 5.55. The molecule has 5 nitrogen and oxygen atoms in total. The molecule has 0 aliphatic heterocycles. The lowest BCUT2D eigenvalue weighted by Gasteiger charge is -2.05. The molecular formula is C13H18N4O. The van der Waals surface area contributed by atoms with E-state index in [1.54, 1.807) is 0 Å². The number of aromatic nitrogens is 3. The van der Waals surface area contributed by atoms with Crippen LogP contribution in [0.25, 0.3) is 11.4 Å². The van der Waals surface area contributed by atoms with Crippen LogP contribution >= 0.6 is 0 Å². The van der Waals surface area contributed by atoms with Crippen molar-refractivity contribution in [3.63, 3.8) is 0 Å². The van der Waals surface area contributed by atoms with Gasteiger partial charge in [0.25, 0.3) is 0 Å². The minimum Gasteiger partial charge on any atom is -0.337 e. The molecular weight excluding hydrogens is 228 g/mol. The van der Waals surface area contributed by atoms with Crippen LogP contribution in [0.15, 0.2) is 16.7 Å². The van der Waals surface area contributed by atoms with Gasteiger partial charge in [0, 0.05) is 17.0 Å². The van der Waals surface area contributed by atoms with Crippen LogP contribution in [0.3, 0.4) is 0 Å². The first kappa shape index (κ1) is 12.7. The van der Waals surface area contributed by atoms with Crippen molar-refractivity contribution in [2.24, 2.45) is 0 Å². The van der Waals surface area contributed by atoms with E-state index in [4.69, 9.17) is 4.52 Å². The predicted molar refractivity (Wildman–Crippen MR) is 69.1 cm³/mol. The van der Waals surface area contributed by atoms with Crippen molar-refractivity contribution in [2.45, 2.75) is 33.7 Å². The minimum absolute atomic E-state index is 0.0697. The maximum absolute atomic E-state index is 5.27. The molecule has 2 rings (SSSR count). The van der Waals surface area contributed by atoms with E-state index in [2.05, 4.69) is 20.4 Å². The number of aryl methyl sites for hydroxylation is 2. The molecule has 96 valence electrons. The molecule has 0 aromatic carbocycles. The lowest BCUT2D eigenvalue weighted by Crippen LogP contribution is -2.17. The molecule has 1 atom stereocenters. The summed E-state index contributed by atoms with van der Waals surface area (Å²) < 4.78 is 5.27. The van der Waals surface area contributed by atoms with Gasteiger partial charge in [0.15, 0.2) is 0 Å². The van der Waals surface area contributed by atoms with E-state index in [0.717, 1.165) is 23.5 Å². The third kappa shape index (κ3) is 2.73. The Balaban J connectivity index is 2.29. The Bertz CT molecular complexity index is 515. The average molecular weight is 246 g/mol. The Kier molecular flexibility index (Phi) is 3.72. The van der Waals surface area contributed by atoms with Crippen molar-refractivity contribution in [3.05, 3.63) is 29.4 Å². The highest BCUT2D eigenvalue weighted by atomic mass is 16.5. The van der Waals surface area contributed by atoms with Gasteiger partial charge in [0.2, 0.25) is 11.7 Å². The van der Waals surface area contributed by atoms with E-state index in [1.807, 2.05) is 39.8 Å². The second-order valence-corrected chi connectivity index (χ2v) is 4.37. The van der Waals surface area contributed by atoms with Gasteiger partial charge >= 0.3 is 0 Å². The van der Waals surface area contributed by atoms with Crippen LogP contribution in [-0.4, -0.2) is 21.7 Å². The van der Waals surface area contributed by atoms with Gasteiger partial charge < -0.3 is 9.84 Å². The zero-order valence-corrected chi connectivity index (χ0v) is 11.2. The third-order valence-electron chi connectivity index (χ3n) is 2.66. The zero-order valence-electron chi connectivity index (χ0n) is 11.2. The SMILES string of the molecule is CCNC(C)c1nc(-c2cc(C)nc(C)c2)no1. The first-order valence-corrected chi connectivity index (χ1v) is 6.12. The molecule has 1 unspecified atom stereocenters. The Morgan fingerprint density at radius 1 is 1.22 bits per heavy atom. The van der Waals surface area contributed by atoms with E-state index in [0.29, 0.717) is 11.7 Å². The normalized spacial score (nSPS) is 12.7. The first-order chi connectivity index (χ1) is 8.60. The van der Waals surface area contributed by atoms with E-state index in [1.165, 1.54) is 0 Å². The lowest BCUT2D eigenvalue weighted by atomic mass is 10.2.